The van der Waals surface area contributed by atoms with Crippen LogP contribution in [0.3, 0.4) is 0 Å². The predicted molar refractivity (Wildman–Crippen MR) is 87.4 cm³/mol. The third kappa shape index (κ3) is 3.52. The minimum Gasteiger partial charge on any atom is -0.337 e. The summed E-state index contributed by atoms with van der Waals surface area (Å²) >= 11 is 6.20. The summed E-state index contributed by atoms with van der Waals surface area (Å²) in [6.07, 6.45) is 7.95. The van der Waals surface area contributed by atoms with Gasteiger partial charge in [0.15, 0.2) is 5.69 Å². The molecule has 0 radical (unpaired) electrons. The van der Waals surface area contributed by atoms with Crippen molar-refractivity contribution in [1.29, 1.82) is 0 Å². The highest BCUT2D eigenvalue weighted by Gasteiger charge is 2.28. The number of piperidine rings is 1. The number of likely N-dealkylation sites (tertiary alicyclic amines) is 1. The number of hydrogen-bond donors (Lipinski definition) is 0. The molecular weight excluding hydrogens is 314 g/mol. The van der Waals surface area contributed by atoms with Crippen LogP contribution in [0, 0.1) is 0 Å². The maximum absolute atomic E-state index is 12.7. The van der Waals surface area contributed by atoms with E-state index in [-0.39, 0.29) is 11.8 Å². The second-order valence-electron chi connectivity index (χ2n) is 5.81. The number of halogens is 1. The monoisotopic (exact) mass is 333 g/mol. The Labute approximate surface area is 140 Å². The number of amides is 1. The minimum absolute atomic E-state index is 0.0939. The molecule has 1 aliphatic heterocycles. The summed E-state index contributed by atoms with van der Waals surface area (Å²) in [5.41, 5.74) is 1.34. The summed E-state index contributed by atoms with van der Waals surface area (Å²) in [5.74, 6) is 0.149. The zero-order valence-electron chi connectivity index (χ0n) is 13.2. The van der Waals surface area contributed by atoms with Crippen molar-refractivity contribution in [3.05, 3.63) is 41.2 Å². The Morgan fingerprint density at radius 1 is 1.48 bits per heavy atom. The molecule has 1 unspecified atom stereocenters. The zero-order valence-corrected chi connectivity index (χ0v) is 13.9. The molecule has 6 nitrogen and oxygen atoms in total. The van der Waals surface area contributed by atoms with Gasteiger partial charge in [-0.3, -0.25) is 9.48 Å². The molecule has 7 heteroatoms. The smallest absolute Gasteiger partial charge is 0.275 e. The number of carbonyl (C=O) groups excluding carboxylic acids is 1. The molecule has 122 valence electrons. The lowest BCUT2D eigenvalue weighted by Crippen LogP contribution is -2.39. The summed E-state index contributed by atoms with van der Waals surface area (Å²) in [7, 11) is 0. The second-order valence-corrected chi connectivity index (χ2v) is 6.22. The molecule has 0 spiro atoms. The maximum Gasteiger partial charge on any atom is 0.275 e. The van der Waals surface area contributed by atoms with E-state index in [2.05, 4.69) is 22.0 Å². The van der Waals surface area contributed by atoms with Crippen molar-refractivity contribution in [2.24, 2.45) is 0 Å². The topological polar surface area (TPSA) is 63.9 Å². The molecule has 1 atom stereocenters. The molecule has 0 N–H and O–H groups in total. The zero-order chi connectivity index (χ0) is 16.2. The van der Waals surface area contributed by atoms with Gasteiger partial charge in [0.25, 0.3) is 5.91 Å². The standard InChI is InChI=1S/C16H20ClN5O/c1-2-7-22-10-13(17)15(20-22)16(23)21-8-3-4-12(9-21)14-5-6-18-11-19-14/h5-6,10-12H,2-4,7-9H2,1H3. The van der Waals surface area contributed by atoms with Gasteiger partial charge in [-0.1, -0.05) is 18.5 Å². The van der Waals surface area contributed by atoms with Crippen LogP contribution in [0.2, 0.25) is 5.02 Å². The Morgan fingerprint density at radius 3 is 3.09 bits per heavy atom. The molecule has 2 aromatic rings. The highest BCUT2D eigenvalue weighted by Crippen LogP contribution is 2.27. The van der Waals surface area contributed by atoms with Crippen LogP contribution in [-0.2, 0) is 6.54 Å². The molecule has 1 amide bonds. The summed E-state index contributed by atoms with van der Waals surface area (Å²) in [5, 5.41) is 4.76. The SMILES string of the molecule is CCCn1cc(Cl)c(C(=O)N2CCCC(c3ccncn3)C2)n1. The van der Waals surface area contributed by atoms with Crippen molar-refractivity contribution in [3.8, 4) is 0 Å². The maximum atomic E-state index is 12.7. The van der Waals surface area contributed by atoms with Gasteiger partial charge in [0.2, 0.25) is 0 Å². The first-order valence-corrected chi connectivity index (χ1v) is 8.35. The second kappa shape index (κ2) is 7.08. The molecule has 1 fully saturated rings. The van der Waals surface area contributed by atoms with E-state index >= 15 is 0 Å². The van der Waals surface area contributed by atoms with Crippen LogP contribution >= 0.6 is 11.6 Å². The minimum atomic E-state index is -0.0939. The molecule has 0 aliphatic carbocycles. The highest BCUT2D eigenvalue weighted by molar-refractivity contribution is 6.33. The fourth-order valence-electron chi connectivity index (χ4n) is 2.98. The quantitative estimate of drug-likeness (QED) is 0.863. The van der Waals surface area contributed by atoms with Crippen molar-refractivity contribution < 1.29 is 4.79 Å². The van der Waals surface area contributed by atoms with Gasteiger partial charge in [0.1, 0.15) is 6.33 Å². The summed E-state index contributed by atoms with van der Waals surface area (Å²) < 4.78 is 1.74. The molecule has 1 saturated heterocycles. The van der Waals surface area contributed by atoms with E-state index in [1.165, 1.54) is 0 Å². The van der Waals surface area contributed by atoms with Crippen LogP contribution < -0.4 is 0 Å². The first-order chi connectivity index (χ1) is 11.2. The fraction of sp³-hybridized carbons (Fsp3) is 0.500. The number of hydrogen-bond acceptors (Lipinski definition) is 4. The van der Waals surface area contributed by atoms with Crippen LogP contribution in [0.25, 0.3) is 0 Å². The Balaban J connectivity index is 1.74. The molecule has 3 heterocycles. The summed E-state index contributed by atoms with van der Waals surface area (Å²) in [6, 6.07) is 1.92. The van der Waals surface area contributed by atoms with E-state index in [0.717, 1.165) is 38.0 Å². The number of rotatable bonds is 4. The Bertz CT molecular complexity index is 672. The summed E-state index contributed by atoms with van der Waals surface area (Å²) in [6.45, 7) is 4.20. The van der Waals surface area contributed by atoms with Gasteiger partial charge in [-0.2, -0.15) is 5.10 Å². The van der Waals surface area contributed by atoms with E-state index in [9.17, 15) is 4.79 Å². The molecule has 0 aromatic carbocycles. The lowest BCUT2D eigenvalue weighted by atomic mass is 9.94. The number of aromatic nitrogens is 4. The predicted octanol–water partition coefficient (Wildman–Crippen LogP) is 2.76. The molecule has 1 aliphatic rings. The van der Waals surface area contributed by atoms with E-state index in [1.807, 2.05) is 11.0 Å². The number of nitrogens with zero attached hydrogens (tertiary/aromatic N) is 5. The Hall–Kier alpha value is -1.95. The molecular formula is C16H20ClN5O. The average molecular weight is 334 g/mol. The number of aryl methyl sites for hydroxylation is 1. The lowest BCUT2D eigenvalue weighted by molar-refractivity contribution is 0.0699. The van der Waals surface area contributed by atoms with Crippen molar-refractivity contribution >= 4 is 17.5 Å². The van der Waals surface area contributed by atoms with Crippen LogP contribution in [0.4, 0.5) is 0 Å². The van der Waals surface area contributed by atoms with Crippen molar-refractivity contribution in [2.75, 3.05) is 13.1 Å². The van der Waals surface area contributed by atoms with Gasteiger partial charge < -0.3 is 4.90 Å². The lowest BCUT2D eigenvalue weighted by Gasteiger charge is -2.32. The Kier molecular flexibility index (Phi) is 4.91. The molecule has 3 rings (SSSR count). The fourth-order valence-corrected chi connectivity index (χ4v) is 3.21. The van der Waals surface area contributed by atoms with Gasteiger partial charge in [0, 0.05) is 43.6 Å². The molecule has 0 saturated carbocycles. The first kappa shape index (κ1) is 15.9. The van der Waals surface area contributed by atoms with Gasteiger partial charge in [0.05, 0.1) is 5.02 Å². The van der Waals surface area contributed by atoms with Crippen LogP contribution in [0.15, 0.2) is 24.8 Å². The van der Waals surface area contributed by atoms with Gasteiger partial charge in [-0.25, -0.2) is 9.97 Å². The highest BCUT2D eigenvalue weighted by atomic mass is 35.5. The molecule has 23 heavy (non-hydrogen) atoms. The number of carbonyl (C=O) groups is 1. The Morgan fingerprint density at radius 2 is 2.35 bits per heavy atom. The van der Waals surface area contributed by atoms with Crippen molar-refractivity contribution in [3.63, 3.8) is 0 Å². The average Bonchev–Trinajstić information content (AvgIpc) is 2.96. The van der Waals surface area contributed by atoms with E-state index < -0.39 is 0 Å². The van der Waals surface area contributed by atoms with Crippen LogP contribution in [0.5, 0.6) is 0 Å². The largest absolute Gasteiger partial charge is 0.337 e. The van der Waals surface area contributed by atoms with Gasteiger partial charge in [-0.05, 0) is 25.3 Å². The van der Waals surface area contributed by atoms with E-state index in [0.29, 0.717) is 17.3 Å². The van der Waals surface area contributed by atoms with E-state index in [1.54, 1.807) is 23.4 Å². The molecule has 2 aromatic heterocycles. The van der Waals surface area contributed by atoms with E-state index in [4.69, 9.17) is 11.6 Å². The molecule has 0 bridgehead atoms. The third-order valence-corrected chi connectivity index (χ3v) is 4.38. The van der Waals surface area contributed by atoms with Gasteiger partial charge >= 0.3 is 0 Å². The normalized spacial score (nSPS) is 18.2. The van der Waals surface area contributed by atoms with Crippen LogP contribution in [-0.4, -0.2) is 43.6 Å². The first-order valence-electron chi connectivity index (χ1n) is 7.97. The van der Waals surface area contributed by atoms with Crippen LogP contribution in [0.1, 0.15) is 48.3 Å². The third-order valence-electron chi connectivity index (χ3n) is 4.10. The van der Waals surface area contributed by atoms with Crippen molar-refractivity contribution in [1.82, 2.24) is 24.6 Å². The van der Waals surface area contributed by atoms with Crippen molar-refractivity contribution in [2.45, 2.75) is 38.6 Å². The summed E-state index contributed by atoms with van der Waals surface area (Å²) in [4.78, 5) is 22.9. The van der Waals surface area contributed by atoms with Gasteiger partial charge in [-0.15, -0.1) is 0 Å².